The molecule has 10 heteroatoms. The zero-order valence-corrected chi connectivity index (χ0v) is 77.9. The van der Waals surface area contributed by atoms with Crippen LogP contribution in [0.5, 0.6) is 0 Å². The van der Waals surface area contributed by atoms with Gasteiger partial charge in [0.2, 0.25) is 0 Å². The third kappa shape index (κ3) is 90.4. The van der Waals surface area contributed by atoms with Crippen molar-refractivity contribution in [3.63, 3.8) is 0 Å². The molecule has 0 bridgehead atoms. The van der Waals surface area contributed by atoms with Crippen molar-refractivity contribution in [1.29, 1.82) is 0 Å². The van der Waals surface area contributed by atoms with Crippen molar-refractivity contribution in [1.82, 2.24) is 30.7 Å². The molecule has 6 heterocycles. The largest absolute Gasteiger partial charge is 0.351 e. The van der Waals surface area contributed by atoms with Gasteiger partial charge < -0.3 is 51.6 Å². The number of likely N-dealkylation sites (tertiary alicyclic amines) is 2. The molecule has 10 nitrogen and oxygen atoms in total. The molecule has 0 aromatic carbocycles. The molecule has 8 aliphatic rings. The summed E-state index contributed by atoms with van der Waals surface area (Å²) in [4.78, 5) is 7.67. The predicted octanol–water partition coefficient (Wildman–Crippen LogP) is 24.3. The zero-order chi connectivity index (χ0) is 80.4. The molecule has 624 valence electrons. The lowest BCUT2D eigenvalue weighted by Gasteiger charge is -2.34. The van der Waals surface area contributed by atoms with Crippen molar-refractivity contribution in [2.45, 2.75) is 409 Å². The van der Waals surface area contributed by atoms with Gasteiger partial charge in [0.15, 0.2) is 6.29 Å². The third-order valence-electron chi connectivity index (χ3n) is 17.6. The Bertz CT molecular complexity index is 1670. The lowest BCUT2D eigenvalue weighted by atomic mass is 9.78. The molecule has 0 radical (unpaired) electrons. The van der Waals surface area contributed by atoms with E-state index in [1.165, 1.54) is 220 Å². The van der Waals surface area contributed by atoms with Crippen LogP contribution in [0.3, 0.4) is 0 Å². The Morgan fingerprint density at radius 2 is 0.524 bits per heavy atom. The summed E-state index contributed by atoms with van der Waals surface area (Å²) in [6.45, 7) is 101. The molecule has 8 rings (SSSR count). The minimum Gasteiger partial charge on any atom is -0.351 e. The Morgan fingerprint density at radius 3 is 0.835 bits per heavy atom. The fourth-order valence-electron chi connectivity index (χ4n) is 14.3. The standard InChI is InChI=1S/C11H22.C10H22N2.2C10H21N.C10H20.C9H20N2.C9H19NO2.C9H19N.3C5H12/c1-11(2,3)9-10-7-5-4-6-8-10;1-10(2,3)8-12-6-4-9(11)5-7-12;1-10(2,3)8-9-4-6-11-7-5-9;1-10(2,3)9-11-7-5-4-6-8-11;1-10(2,3)8-9-6-4-5-7-9;1-9(2,3)8-11-6-4-10-5-7-11;1-9(2,3)4-8-11-5-7(10)6-12-8;1-9(2,3)6-8-4-5-10-7-8;3*1-5(2,3)4/h10H,4-9H2,1-3H3;9H,4-8,11H2,1-3H3;9,11H,4-8H2,1-3H3;4-9H2,1-3H3;9H,4-8H2,1-3H3;10H,4-8H2,1-3H3;7-8H,4-6,10H2,1-3H3;8,10H,4-7H2,1-3H3;3*1-4H3. The monoisotopic (exact) mass is 1460 g/mol. The van der Waals surface area contributed by atoms with E-state index < -0.39 is 0 Å². The van der Waals surface area contributed by atoms with Crippen LogP contribution in [0.2, 0.25) is 0 Å². The van der Waals surface area contributed by atoms with Gasteiger partial charge in [-0.2, -0.15) is 0 Å². The van der Waals surface area contributed by atoms with Crippen LogP contribution in [0.4, 0.5) is 0 Å². The van der Waals surface area contributed by atoms with E-state index in [4.69, 9.17) is 20.9 Å². The maximum atomic E-state index is 5.83. The van der Waals surface area contributed by atoms with Crippen LogP contribution >= 0.6 is 0 Å². The Morgan fingerprint density at radius 1 is 0.262 bits per heavy atom. The summed E-state index contributed by atoms with van der Waals surface area (Å²) in [6, 6.07) is 0.516. The van der Waals surface area contributed by atoms with Crippen molar-refractivity contribution in [3.8, 4) is 0 Å². The molecular weight excluding hydrogens is 1260 g/mol. The quantitative estimate of drug-likeness (QED) is 0.161. The molecule has 0 amide bonds. The van der Waals surface area contributed by atoms with E-state index >= 15 is 0 Å². The lowest BCUT2D eigenvalue weighted by Crippen LogP contribution is -2.46. The summed E-state index contributed by atoms with van der Waals surface area (Å²) < 4.78 is 10.8. The highest BCUT2D eigenvalue weighted by Crippen LogP contribution is 2.36. The van der Waals surface area contributed by atoms with Gasteiger partial charge in [-0.25, -0.2) is 0 Å². The van der Waals surface area contributed by atoms with Crippen LogP contribution < -0.4 is 27.4 Å². The number of rotatable bonds is 8. The highest BCUT2D eigenvalue weighted by molar-refractivity contribution is 4.81. The highest BCUT2D eigenvalue weighted by Gasteiger charge is 2.28. The summed E-state index contributed by atoms with van der Waals surface area (Å²) in [5, 5.41) is 10.2. The van der Waals surface area contributed by atoms with E-state index in [9.17, 15) is 0 Å². The van der Waals surface area contributed by atoms with Crippen LogP contribution in [0, 0.1) is 83.2 Å². The van der Waals surface area contributed by atoms with Gasteiger partial charge in [0, 0.05) is 58.3 Å². The van der Waals surface area contributed by atoms with E-state index in [0.29, 0.717) is 73.4 Å². The van der Waals surface area contributed by atoms with E-state index in [2.05, 4.69) is 280 Å². The first kappa shape index (κ1) is 107. The maximum absolute atomic E-state index is 5.83. The topological polar surface area (TPSA) is 116 Å². The first-order valence-electron chi connectivity index (χ1n) is 43.5. The zero-order valence-electron chi connectivity index (χ0n) is 77.9. The van der Waals surface area contributed by atoms with Crippen LogP contribution in [-0.4, -0.2) is 144 Å². The Balaban J connectivity index is -0.00000108. The first-order valence-corrected chi connectivity index (χ1v) is 43.5. The Hall–Kier alpha value is -0.400. The van der Waals surface area contributed by atoms with Gasteiger partial charge in [-0.15, -0.1) is 0 Å². The van der Waals surface area contributed by atoms with E-state index in [1.807, 2.05) is 0 Å². The molecule has 1 unspecified atom stereocenters. The summed E-state index contributed by atoms with van der Waals surface area (Å²) >= 11 is 0. The van der Waals surface area contributed by atoms with E-state index in [-0.39, 0.29) is 17.7 Å². The van der Waals surface area contributed by atoms with Crippen molar-refractivity contribution in [2.24, 2.45) is 94.7 Å². The molecule has 6 aliphatic heterocycles. The number of hydrogen-bond donors (Lipinski definition) is 5. The normalized spacial score (nSPS) is 22.4. The smallest absolute Gasteiger partial charge is 0.158 e. The fourth-order valence-corrected chi connectivity index (χ4v) is 14.3. The molecule has 8 fully saturated rings. The molecule has 2 saturated carbocycles. The number of ether oxygens (including phenoxy) is 2. The van der Waals surface area contributed by atoms with Crippen LogP contribution in [-0.2, 0) is 9.47 Å². The summed E-state index contributed by atoms with van der Waals surface area (Å²) in [6.07, 6.45) is 30.7. The molecule has 7 N–H and O–H groups in total. The fraction of sp³-hybridized carbons (Fsp3) is 1.00. The second kappa shape index (κ2) is 52.8. The Kier molecular flexibility index (Phi) is 54.7. The van der Waals surface area contributed by atoms with Crippen LogP contribution in [0.1, 0.15) is 391 Å². The van der Waals surface area contributed by atoms with Gasteiger partial charge >= 0.3 is 0 Å². The highest BCUT2D eigenvalue weighted by atomic mass is 16.7. The lowest BCUT2D eigenvalue weighted by molar-refractivity contribution is -0.197. The second-order valence-electron chi connectivity index (χ2n) is 48.0. The summed E-state index contributed by atoms with van der Waals surface area (Å²) in [7, 11) is 0. The number of nitrogens with two attached hydrogens (primary N) is 2. The molecule has 0 aromatic rings. The first-order chi connectivity index (χ1) is 46.4. The van der Waals surface area contributed by atoms with Gasteiger partial charge in [0.1, 0.15) is 0 Å². The molecule has 0 aromatic heterocycles. The number of piperazine rings is 1. The van der Waals surface area contributed by atoms with Crippen LogP contribution in [0.15, 0.2) is 0 Å². The third-order valence-corrected chi connectivity index (χ3v) is 17.6. The Labute approximate surface area is 651 Å². The summed E-state index contributed by atoms with van der Waals surface area (Å²) in [5.74, 6) is 4.03. The molecule has 103 heavy (non-hydrogen) atoms. The van der Waals surface area contributed by atoms with Crippen molar-refractivity contribution in [3.05, 3.63) is 0 Å². The average molecular weight is 1460 g/mol. The minimum absolute atomic E-state index is 0.0511. The van der Waals surface area contributed by atoms with Gasteiger partial charge in [-0.05, 0) is 206 Å². The second-order valence-corrected chi connectivity index (χ2v) is 48.0. The van der Waals surface area contributed by atoms with Gasteiger partial charge in [0.05, 0.1) is 19.3 Å². The number of nitrogens with one attached hydrogen (secondary N) is 3. The van der Waals surface area contributed by atoms with E-state index in [1.54, 1.807) is 0 Å². The number of piperidine rings is 3. The molecule has 2 aliphatic carbocycles. The van der Waals surface area contributed by atoms with Gasteiger partial charge in [0.25, 0.3) is 0 Å². The predicted molar refractivity (Wildman–Crippen MR) is 466 cm³/mol. The number of hydrogen-bond acceptors (Lipinski definition) is 10. The van der Waals surface area contributed by atoms with Crippen molar-refractivity contribution < 1.29 is 9.47 Å². The maximum Gasteiger partial charge on any atom is 0.158 e. The molecule has 1 atom stereocenters. The van der Waals surface area contributed by atoms with Crippen molar-refractivity contribution in [2.75, 3.05) is 111 Å². The SMILES string of the molecule is CC(C)(C)C.CC(C)(C)C.CC(C)(C)C.CC(C)(C)CC1CCCC1.CC(C)(C)CC1CCCCC1.CC(C)(C)CC1CCNC1.CC(C)(C)CC1CCNCC1.CC(C)(C)CC1OCC(N)CO1.CC(C)(C)CN1CCC(N)CC1.CC(C)(C)CN1CCCCC1.CC(C)(C)CN1CCNCC1. The van der Waals surface area contributed by atoms with E-state index in [0.717, 1.165) is 43.2 Å². The average Bonchev–Trinajstić information content (AvgIpc) is 1.48. The van der Waals surface area contributed by atoms with Gasteiger partial charge in [-0.1, -0.05) is 313 Å². The van der Waals surface area contributed by atoms with Crippen molar-refractivity contribution >= 4 is 0 Å². The molecule has 6 saturated heterocycles. The number of nitrogens with zero attached hydrogens (tertiary/aromatic N) is 3. The molecular formula is C93H200N8O2. The van der Waals surface area contributed by atoms with Crippen LogP contribution in [0.25, 0.3) is 0 Å². The minimum atomic E-state index is -0.0511. The van der Waals surface area contributed by atoms with Gasteiger partial charge in [-0.3, -0.25) is 0 Å². The molecule has 0 spiro atoms. The summed E-state index contributed by atoms with van der Waals surface area (Å²) in [5.41, 5.74) is 16.7.